The molecule has 0 radical (unpaired) electrons. The van der Waals surface area contributed by atoms with Gasteiger partial charge in [-0.3, -0.25) is 0 Å². The molecular formula is C12H19N5. The van der Waals surface area contributed by atoms with Crippen LogP contribution < -0.4 is 5.73 Å². The lowest BCUT2D eigenvalue weighted by Gasteiger charge is -2.51. The van der Waals surface area contributed by atoms with E-state index in [9.17, 15) is 0 Å². The molecule has 5 heteroatoms. The van der Waals surface area contributed by atoms with Gasteiger partial charge in [0, 0.05) is 6.42 Å². The summed E-state index contributed by atoms with van der Waals surface area (Å²) in [4.78, 5) is 0. The molecule has 0 amide bonds. The number of tetrazole rings is 1. The molecule has 2 aliphatic rings. The van der Waals surface area contributed by atoms with Gasteiger partial charge in [-0.2, -0.15) is 0 Å². The molecule has 0 spiro atoms. The highest BCUT2D eigenvalue weighted by Crippen LogP contribution is 2.58. The predicted octanol–water partition coefficient (Wildman–Crippen LogP) is 1.06. The monoisotopic (exact) mass is 233 g/mol. The van der Waals surface area contributed by atoms with Crippen LogP contribution in [0.15, 0.2) is 11.6 Å². The van der Waals surface area contributed by atoms with Crippen molar-refractivity contribution in [1.29, 1.82) is 0 Å². The molecule has 1 fully saturated rings. The third kappa shape index (κ3) is 1.60. The molecule has 2 aliphatic carbocycles. The second-order valence-corrected chi connectivity index (χ2v) is 5.46. The molecule has 1 saturated carbocycles. The van der Waals surface area contributed by atoms with Gasteiger partial charge in [-0.15, -0.1) is 5.10 Å². The Hall–Kier alpha value is -1.23. The number of fused-ring (bicyclic) bond motifs is 1. The third-order valence-electron chi connectivity index (χ3n) is 4.59. The highest BCUT2D eigenvalue weighted by Gasteiger charge is 2.54. The first-order valence-corrected chi connectivity index (χ1v) is 6.39. The van der Waals surface area contributed by atoms with Crippen LogP contribution in [0.4, 0.5) is 0 Å². The average Bonchev–Trinajstić information content (AvgIpc) is 2.94. The molecule has 1 heterocycles. The predicted molar refractivity (Wildman–Crippen MR) is 64.0 cm³/mol. The highest BCUT2D eigenvalue weighted by molar-refractivity contribution is 5.24. The average molecular weight is 233 g/mol. The fourth-order valence-electron chi connectivity index (χ4n) is 3.63. The largest absolute Gasteiger partial charge is 0.330 e. The summed E-state index contributed by atoms with van der Waals surface area (Å²) in [5, 5.41) is 14.1. The van der Waals surface area contributed by atoms with Gasteiger partial charge in [0.05, 0.1) is 0 Å². The maximum atomic E-state index is 6.02. The lowest BCUT2D eigenvalue weighted by molar-refractivity contribution is 0.00727. The molecule has 1 aromatic heterocycles. The summed E-state index contributed by atoms with van der Waals surface area (Å²) < 4.78 is 0. The van der Waals surface area contributed by atoms with Crippen molar-refractivity contribution in [2.45, 2.75) is 32.6 Å². The molecule has 3 rings (SSSR count). The zero-order valence-corrected chi connectivity index (χ0v) is 10.2. The van der Waals surface area contributed by atoms with Gasteiger partial charge in [-0.1, -0.05) is 18.6 Å². The van der Waals surface area contributed by atoms with Crippen LogP contribution in [0, 0.1) is 17.3 Å². The van der Waals surface area contributed by atoms with E-state index in [-0.39, 0.29) is 5.41 Å². The van der Waals surface area contributed by atoms with E-state index in [1.165, 1.54) is 19.3 Å². The van der Waals surface area contributed by atoms with E-state index in [0.29, 0.717) is 5.92 Å². The van der Waals surface area contributed by atoms with Crippen LogP contribution >= 0.6 is 0 Å². The van der Waals surface area contributed by atoms with Crippen LogP contribution in [0.1, 0.15) is 32.0 Å². The molecule has 0 aliphatic heterocycles. The van der Waals surface area contributed by atoms with E-state index in [0.717, 1.165) is 24.7 Å². The maximum Gasteiger partial charge on any atom is 0.149 e. The smallest absolute Gasteiger partial charge is 0.149 e. The number of hydrogen-bond donors (Lipinski definition) is 2. The first-order valence-electron chi connectivity index (χ1n) is 6.39. The van der Waals surface area contributed by atoms with Crippen molar-refractivity contribution in [2.75, 3.05) is 6.54 Å². The fourth-order valence-corrected chi connectivity index (χ4v) is 3.63. The van der Waals surface area contributed by atoms with Gasteiger partial charge in [0.1, 0.15) is 5.82 Å². The van der Waals surface area contributed by atoms with Gasteiger partial charge < -0.3 is 5.73 Å². The Kier molecular flexibility index (Phi) is 2.50. The number of nitrogens with one attached hydrogen (secondary N) is 1. The number of aromatic amines is 1. The highest BCUT2D eigenvalue weighted by atomic mass is 15.5. The number of nitrogens with zero attached hydrogens (tertiary/aromatic N) is 3. The van der Waals surface area contributed by atoms with Gasteiger partial charge in [0.2, 0.25) is 0 Å². The summed E-state index contributed by atoms with van der Waals surface area (Å²) >= 11 is 0. The zero-order valence-electron chi connectivity index (χ0n) is 10.2. The van der Waals surface area contributed by atoms with Crippen molar-refractivity contribution in [1.82, 2.24) is 20.6 Å². The van der Waals surface area contributed by atoms with Crippen LogP contribution in [-0.4, -0.2) is 27.2 Å². The van der Waals surface area contributed by atoms with Crippen molar-refractivity contribution < 1.29 is 0 Å². The van der Waals surface area contributed by atoms with Crippen LogP contribution in [0.2, 0.25) is 0 Å². The Labute approximate surface area is 101 Å². The molecule has 1 aromatic rings. The number of rotatable bonds is 4. The molecule has 0 bridgehead atoms. The number of H-pyrrole nitrogens is 1. The van der Waals surface area contributed by atoms with Crippen LogP contribution in [-0.2, 0) is 6.42 Å². The molecule has 92 valence electrons. The molecule has 5 nitrogen and oxygen atoms in total. The molecular weight excluding hydrogens is 214 g/mol. The van der Waals surface area contributed by atoms with Gasteiger partial charge in [-0.05, 0) is 53.5 Å². The minimum atomic E-state index is 0.197. The SMILES string of the molecule is CCC1=CC2C(C1)C[C@]2(CN)Cc1nnn[nH]1. The lowest BCUT2D eigenvalue weighted by Crippen LogP contribution is -2.51. The van der Waals surface area contributed by atoms with Gasteiger partial charge in [0.25, 0.3) is 0 Å². The summed E-state index contributed by atoms with van der Waals surface area (Å²) in [7, 11) is 0. The van der Waals surface area contributed by atoms with E-state index < -0.39 is 0 Å². The summed E-state index contributed by atoms with van der Waals surface area (Å²) in [6.07, 6.45) is 7.01. The summed E-state index contributed by atoms with van der Waals surface area (Å²) in [5.41, 5.74) is 7.82. The Balaban J connectivity index is 1.79. The van der Waals surface area contributed by atoms with Crippen molar-refractivity contribution in [3.8, 4) is 0 Å². The minimum Gasteiger partial charge on any atom is -0.330 e. The Morgan fingerprint density at radius 2 is 2.47 bits per heavy atom. The van der Waals surface area contributed by atoms with E-state index in [2.05, 4.69) is 33.6 Å². The zero-order chi connectivity index (χ0) is 11.9. The van der Waals surface area contributed by atoms with Gasteiger partial charge in [-0.25, -0.2) is 5.10 Å². The molecule has 3 atom stereocenters. The quantitative estimate of drug-likeness (QED) is 0.762. The van der Waals surface area contributed by atoms with E-state index >= 15 is 0 Å². The molecule has 2 unspecified atom stereocenters. The van der Waals surface area contributed by atoms with Crippen molar-refractivity contribution in [2.24, 2.45) is 23.0 Å². The second-order valence-electron chi connectivity index (χ2n) is 5.46. The van der Waals surface area contributed by atoms with Gasteiger partial charge >= 0.3 is 0 Å². The number of aromatic nitrogens is 4. The molecule has 0 aromatic carbocycles. The van der Waals surface area contributed by atoms with Crippen LogP contribution in [0.5, 0.6) is 0 Å². The Bertz CT molecular complexity index is 424. The number of nitrogens with two attached hydrogens (primary N) is 1. The first kappa shape index (κ1) is 10.9. The second kappa shape index (κ2) is 3.91. The number of allylic oxidation sites excluding steroid dienone is 2. The molecule has 0 saturated heterocycles. The maximum absolute atomic E-state index is 6.02. The molecule has 3 N–H and O–H groups in total. The first-order chi connectivity index (χ1) is 8.27. The van der Waals surface area contributed by atoms with Crippen LogP contribution in [0.3, 0.4) is 0 Å². The van der Waals surface area contributed by atoms with Crippen molar-refractivity contribution in [3.63, 3.8) is 0 Å². The van der Waals surface area contributed by atoms with E-state index in [1.54, 1.807) is 5.57 Å². The topological polar surface area (TPSA) is 80.5 Å². The van der Waals surface area contributed by atoms with Crippen molar-refractivity contribution in [3.05, 3.63) is 17.5 Å². The van der Waals surface area contributed by atoms with E-state index in [1.807, 2.05) is 0 Å². The minimum absolute atomic E-state index is 0.197. The van der Waals surface area contributed by atoms with Crippen molar-refractivity contribution >= 4 is 0 Å². The molecule has 17 heavy (non-hydrogen) atoms. The normalized spacial score (nSPS) is 35.3. The lowest BCUT2D eigenvalue weighted by atomic mass is 9.53. The Morgan fingerprint density at radius 3 is 3.12 bits per heavy atom. The van der Waals surface area contributed by atoms with Crippen LogP contribution in [0.25, 0.3) is 0 Å². The van der Waals surface area contributed by atoms with E-state index in [4.69, 9.17) is 5.73 Å². The third-order valence-corrected chi connectivity index (χ3v) is 4.59. The Morgan fingerprint density at radius 1 is 1.59 bits per heavy atom. The van der Waals surface area contributed by atoms with Gasteiger partial charge in [0.15, 0.2) is 0 Å². The summed E-state index contributed by atoms with van der Waals surface area (Å²) in [6, 6.07) is 0. The standard InChI is InChI=1S/C12H19N5/c1-2-8-3-9-5-12(7-13,10(9)4-8)6-11-14-16-17-15-11/h4,9-10H,2-3,5-7,13H2,1H3,(H,14,15,16,17)/t9?,10?,12-/m1/s1. The fraction of sp³-hybridized carbons (Fsp3) is 0.750. The number of hydrogen-bond acceptors (Lipinski definition) is 4. The summed E-state index contributed by atoms with van der Waals surface area (Å²) in [5.74, 6) is 2.34. The summed E-state index contributed by atoms with van der Waals surface area (Å²) in [6.45, 7) is 2.96.